The van der Waals surface area contributed by atoms with Crippen LogP contribution < -0.4 is 5.32 Å². The number of nitro benzene ring substituents is 1. The number of aliphatic hydroxyl groups excluding tert-OH is 1. The Morgan fingerprint density at radius 1 is 1.27 bits per heavy atom. The van der Waals surface area contributed by atoms with Gasteiger partial charge in [0.25, 0.3) is 5.69 Å². The largest absolute Gasteiger partial charge is 0.386 e. The molecule has 5 nitrogen and oxygen atoms in total. The highest BCUT2D eigenvalue weighted by Gasteiger charge is 2.20. The van der Waals surface area contributed by atoms with Gasteiger partial charge in [-0.1, -0.05) is 17.7 Å². The molecule has 0 saturated carbocycles. The van der Waals surface area contributed by atoms with Crippen LogP contribution in [0.15, 0.2) is 36.4 Å². The lowest BCUT2D eigenvalue weighted by molar-refractivity contribution is -0.383. The molecule has 0 aliphatic heterocycles. The van der Waals surface area contributed by atoms with Crippen molar-refractivity contribution in [3.8, 4) is 0 Å². The van der Waals surface area contributed by atoms with E-state index in [4.69, 9.17) is 11.6 Å². The van der Waals surface area contributed by atoms with Crippen LogP contribution in [0.25, 0.3) is 0 Å². The lowest BCUT2D eigenvalue weighted by Crippen LogP contribution is -2.15. The molecule has 1 atom stereocenters. The minimum absolute atomic E-state index is 0.0881. The van der Waals surface area contributed by atoms with Gasteiger partial charge in [0.05, 0.1) is 10.5 Å². The molecule has 22 heavy (non-hydrogen) atoms. The monoisotopic (exact) mass is 328 g/mol. The van der Waals surface area contributed by atoms with E-state index in [1.807, 2.05) is 0 Å². The van der Waals surface area contributed by atoms with E-state index in [-0.39, 0.29) is 22.9 Å². The summed E-state index contributed by atoms with van der Waals surface area (Å²) in [5.74, 6) is -1.78. The van der Waals surface area contributed by atoms with Gasteiger partial charge >= 0.3 is 0 Å². The van der Waals surface area contributed by atoms with Gasteiger partial charge in [-0.25, -0.2) is 8.78 Å². The fourth-order valence-corrected chi connectivity index (χ4v) is 2.11. The van der Waals surface area contributed by atoms with E-state index in [1.54, 1.807) is 0 Å². The van der Waals surface area contributed by atoms with Crippen LogP contribution in [0, 0.1) is 21.7 Å². The number of hydrogen-bond acceptors (Lipinski definition) is 4. The molecule has 1 unspecified atom stereocenters. The maximum absolute atomic E-state index is 13.5. The van der Waals surface area contributed by atoms with Crippen LogP contribution in [0.4, 0.5) is 20.2 Å². The first-order valence-corrected chi connectivity index (χ1v) is 6.57. The molecule has 0 heterocycles. The molecule has 8 heteroatoms. The van der Waals surface area contributed by atoms with Crippen molar-refractivity contribution in [1.29, 1.82) is 0 Å². The molecule has 2 aromatic rings. The van der Waals surface area contributed by atoms with Crippen molar-refractivity contribution < 1.29 is 18.8 Å². The maximum Gasteiger partial charge on any atom is 0.293 e. The third-order valence-electron chi connectivity index (χ3n) is 2.98. The Bertz CT molecular complexity index is 692. The number of anilines is 1. The van der Waals surface area contributed by atoms with E-state index in [9.17, 15) is 24.0 Å². The van der Waals surface area contributed by atoms with Crippen molar-refractivity contribution in [2.24, 2.45) is 0 Å². The first kappa shape index (κ1) is 16.1. The Labute approximate surface area is 129 Å². The van der Waals surface area contributed by atoms with Crippen molar-refractivity contribution >= 4 is 23.0 Å². The zero-order valence-electron chi connectivity index (χ0n) is 11.1. The quantitative estimate of drug-likeness (QED) is 0.648. The Morgan fingerprint density at radius 3 is 2.50 bits per heavy atom. The van der Waals surface area contributed by atoms with Crippen LogP contribution in [-0.2, 0) is 0 Å². The highest BCUT2D eigenvalue weighted by atomic mass is 35.5. The second-order valence-electron chi connectivity index (χ2n) is 4.45. The van der Waals surface area contributed by atoms with Crippen LogP contribution in [0.3, 0.4) is 0 Å². The Morgan fingerprint density at radius 2 is 1.91 bits per heavy atom. The van der Waals surface area contributed by atoms with Gasteiger partial charge in [0.2, 0.25) is 0 Å². The zero-order chi connectivity index (χ0) is 16.3. The minimum atomic E-state index is -1.50. The number of nitrogens with one attached hydrogen (secondary N) is 1. The number of benzene rings is 2. The summed E-state index contributed by atoms with van der Waals surface area (Å²) in [6.45, 7) is -0.305. The van der Waals surface area contributed by atoms with Gasteiger partial charge in [-0.15, -0.1) is 0 Å². The second kappa shape index (κ2) is 6.67. The lowest BCUT2D eigenvalue weighted by Gasteiger charge is -2.14. The standard InChI is InChI=1S/C14H11ClF2N2O3/c15-8-4-5-11(12(6-8)19(21)22)18-7-13(20)14-9(16)2-1-3-10(14)17/h1-6,13,18,20H,7H2. The van der Waals surface area contributed by atoms with E-state index < -0.39 is 28.2 Å². The number of rotatable bonds is 5. The SMILES string of the molecule is O=[N+]([O-])c1cc(Cl)ccc1NCC(O)c1c(F)cccc1F. The van der Waals surface area contributed by atoms with Gasteiger partial charge in [-0.3, -0.25) is 10.1 Å². The van der Waals surface area contributed by atoms with E-state index in [1.165, 1.54) is 18.2 Å². The van der Waals surface area contributed by atoms with Crippen molar-refractivity contribution in [3.05, 3.63) is 68.7 Å². The summed E-state index contributed by atoms with van der Waals surface area (Å²) in [6.07, 6.45) is -1.50. The van der Waals surface area contributed by atoms with E-state index >= 15 is 0 Å². The molecule has 0 aromatic heterocycles. The fraction of sp³-hybridized carbons (Fsp3) is 0.143. The van der Waals surface area contributed by atoms with Gasteiger partial charge < -0.3 is 10.4 Å². The predicted octanol–water partition coefficient (Wildman–Crippen LogP) is 3.67. The number of halogens is 3. The predicted molar refractivity (Wildman–Crippen MR) is 77.9 cm³/mol. The van der Waals surface area contributed by atoms with Gasteiger partial charge in [0.15, 0.2) is 0 Å². The molecule has 0 saturated heterocycles. The molecule has 0 radical (unpaired) electrons. The van der Waals surface area contributed by atoms with Gasteiger partial charge in [0.1, 0.15) is 23.4 Å². The van der Waals surface area contributed by atoms with Crippen LogP contribution >= 0.6 is 11.6 Å². The summed E-state index contributed by atoms with van der Waals surface area (Å²) < 4.78 is 27.1. The summed E-state index contributed by atoms with van der Waals surface area (Å²) in [5, 5.41) is 23.6. The molecule has 0 bridgehead atoms. The third-order valence-corrected chi connectivity index (χ3v) is 3.21. The number of nitrogens with zero attached hydrogens (tertiary/aromatic N) is 1. The number of nitro groups is 1. The van der Waals surface area contributed by atoms with Crippen LogP contribution in [0.5, 0.6) is 0 Å². The van der Waals surface area contributed by atoms with Crippen LogP contribution in [-0.4, -0.2) is 16.6 Å². The Balaban J connectivity index is 2.18. The molecule has 0 aliphatic carbocycles. The summed E-state index contributed by atoms with van der Waals surface area (Å²) >= 11 is 5.68. The molecule has 116 valence electrons. The van der Waals surface area contributed by atoms with E-state index in [0.29, 0.717) is 0 Å². The minimum Gasteiger partial charge on any atom is -0.386 e. The first-order chi connectivity index (χ1) is 10.4. The maximum atomic E-state index is 13.5. The number of hydrogen-bond donors (Lipinski definition) is 2. The molecule has 2 aromatic carbocycles. The van der Waals surface area contributed by atoms with Crippen molar-refractivity contribution in [3.63, 3.8) is 0 Å². The smallest absolute Gasteiger partial charge is 0.293 e. The molecule has 0 aliphatic rings. The second-order valence-corrected chi connectivity index (χ2v) is 4.89. The molecule has 0 fully saturated rings. The third kappa shape index (κ3) is 3.49. The Kier molecular flexibility index (Phi) is 4.89. The van der Waals surface area contributed by atoms with E-state index in [0.717, 1.165) is 18.2 Å². The van der Waals surface area contributed by atoms with Gasteiger partial charge in [0, 0.05) is 17.6 Å². The lowest BCUT2D eigenvalue weighted by atomic mass is 10.1. The van der Waals surface area contributed by atoms with Crippen molar-refractivity contribution in [1.82, 2.24) is 0 Å². The van der Waals surface area contributed by atoms with Crippen LogP contribution in [0.1, 0.15) is 11.7 Å². The zero-order valence-corrected chi connectivity index (χ0v) is 11.8. The van der Waals surface area contributed by atoms with Gasteiger partial charge in [-0.2, -0.15) is 0 Å². The summed E-state index contributed by atoms with van der Waals surface area (Å²) in [7, 11) is 0. The van der Waals surface area contributed by atoms with Crippen molar-refractivity contribution in [2.45, 2.75) is 6.10 Å². The summed E-state index contributed by atoms with van der Waals surface area (Å²) in [5.41, 5.74) is -0.703. The van der Waals surface area contributed by atoms with Crippen LogP contribution in [0.2, 0.25) is 5.02 Å². The molecule has 0 amide bonds. The molecule has 0 spiro atoms. The van der Waals surface area contributed by atoms with Gasteiger partial charge in [-0.05, 0) is 24.3 Å². The van der Waals surface area contributed by atoms with E-state index in [2.05, 4.69) is 5.32 Å². The highest BCUT2D eigenvalue weighted by molar-refractivity contribution is 6.30. The molecule has 2 rings (SSSR count). The Hall–Kier alpha value is -2.25. The summed E-state index contributed by atoms with van der Waals surface area (Å²) in [4.78, 5) is 10.3. The molecular formula is C14H11ClF2N2O3. The summed E-state index contributed by atoms with van der Waals surface area (Å²) in [6, 6.07) is 7.13. The topological polar surface area (TPSA) is 75.4 Å². The van der Waals surface area contributed by atoms with Crippen molar-refractivity contribution in [2.75, 3.05) is 11.9 Å². The fourth-order valence-electron chi connectivity index (χ4n) is 1.94. The number of aliphatic hydroxyl groups is 1. The average molecular weight is 329 g/mol. The normalized spacial score (nSPS) is 12.0. The molecule has 2 N–H and O–H groups in total. The average Bonchev–Trinajstić information content (AvgIpc) is 2.45. The molecular weight excluding hydrogens is 318 g/mol. The first-order valence-electron chi connectivity index (χ1n) is 6.20. The highest BCUT2D eigenvalue weighted by Crippen LogP contribution is 2.29.